The lowest BCUT2D eigenvalue weighted by molar-refractivity contribution is -0.134. The number of amides is 4. The van der Waals surface area contributed by atoms with Crippen LogP contribution in [0.15, 0.2) is 42.5 Å². The van der Waals surface area contributed by atoms with E-state index in [-0.39, 0.29) is 11.8 Å². The number of imide groups is 1. The third kappa shape index (κ3) is 4.09. The maximum Gasteiger partial charge on any atom is 0.262 e. The monoisotopic (exact) mass is 465 g/mol. The Hall–Kier alpha value is -3.88. The molecule has 0 saturated carbocycles. The molecular formula is C25H27N3O6. The van der Waals surface area contributed by atoms with Crippen molar-refractivity contribution in [2.45, 2.75) is 19.4 Å². The molecule has 0 spiro atoms. The van der Waals surface area contributed by atoms with Gasteiger partial charge in [-0.25, -0.2) is 0 Å². The van der Waals surface area contributed by atoms with E-state index in [0.717, 1.165) is 4.90 Å². The number of fused-ring (bicyclic) bond motifs is 1. The molecule has 34 heavy (non-hydrogen) atoms. The van der Waals surface area contributed by atoms with E-state index >= 15 is 0 Å². The molecule has 178 valence electrons. The molecule has 1 unspecified atom stereocenters. The van der Waals surface area contributed by atoms with Crippen LogP contribution in [0.4, 0.5) is 0 Å². The van der Waals surface area contributed by atoms with E-state index in [9.17, 15) is 19.2 Å². The fraction of sp³-hybridized carbons (Fsp3) is 0.360. The van der Waals surface area contributed by atoms with Crippen LogP contribution in [0.3, 0.4) is 0 Å². The Morgan fingerprint density at radius 3 is 2.03 bits per heavy atom. The van der Waals surface area contributed by atoms with E-state index in [4.69, 9.17) is 9.47 Å². The summed E-state index contributed by atoms with van der Waals surface area (Å²) in [4.78, 5) is 56.2. The zero-order valence-corrected chi connectivity index (χ0v) is 19.4. The van der Waals surface area contributed by atoms with Crippen LogP contribution in [0.1, 0.15) is 44.4 Å². The van der Waals surface area contributed by atoms with Gasteiger partial charge in [0.1, 0.15) is 6.04 Å². The Bertz CT molecular complexity index is 1110. The fourth-order valence-corrected chi connectivity index (χ4v) is 4.43. The zero-order valence-electron chi connectivity index (χ0n) is 19.4. The third-order valence-corrected chi connectivity index (χ3v) is 6.30. The van der Waals surface area contributed by atoms with Gasteiger partial charge in [0.2, 0.25) is 5.91 Å². The average Bonchev–Trinajstić information content (AvgIpc) is 3.02. The predicted molar refractivity (Wildman–Crippen MR) is 123 cm³/mol. The van der Waals surface area contributed by atoms with E-state index in [0.29, 0.717) is 60.8 Å². The lowest BCUT2D eigenvalue weighted by Crippen LogP contribution is -2.50. The third-order valence-electron chi connectivity index (χ3n) is 6.30. The van der Waals surface area contributed by atoms with Gasteiger partial charge in [0.05, 0.1) is 25.3 Å². The first-order chi connectivity index (χ1) is 16.4. The molecular weight excluding hydrogens is 438 g/mol. The minimum Gasteiger partial charge on any atom is -0.493 e. The molecule has 0 radical (unpaired) electrons. The molecule has 4 rings (SSSR count). The van der Waals surface area contributed by atoms with Crippen LogP contribution in [0.2, 0.25) is 0 Å². The minimum atomic E-state index is -0.930. The van der Waals surface area contributed by atoms with Gasteiger partial charge in [0.15, 0.2) is 11.5 Å². The number of hydrogen-bond donors (Lipinski definition) is 0. The molecule has 1 atom stereocenters. The first-order valence-corrected chi connectivity index (χ1v) is 11.1. The van der Waals surface area contributed by atoms with Crippen LogP contribution in [-0.2, 0) is 4.79 Å². The standard InChI is InChI=1S/C25H27N3O6/c1-16(28-24(31)18-7-4-5-8-19(18)25(28)32)22(29)26-11-6-12-27(14-13-26)23(30)17-9-10-20(33-2)21(15-17)34-3/h4-5,7-10,15-16H,6,11-14H2,1-3H3. The van der Waals surface area contributed by atoms with Gasteiger partial charge in [-0.1, -0.05) is 12.1 Å². The summed E-state index contributed by atoms with van der Waals surface area (Å²) >= 11 is 0. The Labute approximate surface area is 197 Å². The summed E-state index contributed by atoms with van der Waals surface area (Å²) in [6.45, 7) is 3.14. The number of carbonyl (C=O) groups excluding carboxylic acids is 4. The van der Waals surface area contributed by atoms with Crippen molar-refractivity contribution in [1.82, 2.24) is 14.7 Å². The maximum absolute atomic E-state index is 13.2. The first-order valence-electron chi connectivity index (χ1n) is 11.1. The summed E-state index contributed by atoms with van der Waals surface area (Å²) in [5, 5.41) is 0. The largest absolute Gasteiger partial charge is 0.493 e. The zero-order chi connectivity index (χ0) is 24.4. The number of methoxy groups -OCH3 is 2. The number of ether oxygens (including phenoxy) is 2. The second-order valence-corrected chi connectivity index (χ2v) is 8.24. The van der Waals surface area contributed by atoms with Crippen molar-refractivity contribution in [3.8, 4) is 11.5 Å². The Balaban J connectivity index is 1.43. The van der Waals surface area contributed by atoms with Crippen LogP contribution in [-0.4, -0.2) is 84.8 Å². The molecule has 9 heteroatoms. The minimum absolute atomic E-state index is 0.163. The fourth-order valence-electron chi connectivity index (χ4n) is 4.43. The molecule has 2 aliphatic rings. The highest BCUT2D eigenvalue weighted by Crippen LogP contribution is 2.28. The quantitative estimate of drug-likeness (QED) is 0.628. The number of carbonyl (C=O) groups is 4. The predicted octanol–water partition coefficient (Wildman–Crippen LogP) is 2.06. The Morgan fingerprint density at radius 2 is 1.41 bits per heavy atom. The lowest BCUT2D eigenvalue weighted by Gasteiger charge is -2.28. The van der Waals surface area contributed by atoms with Crippen molar-refractivity contribution in [2.75, 3.05) is 40.4 Å². The second-order valence-electron chi connectivity index (χ2n) is 8.24. The van der Waals surface area contributed by atoms with Crippen molar-refractivity contribution in [2.24, 2.45) is 0 Å². The topological polar surface area (TPSA) is 96.5 Å². The molecule has 0 N–H and O–H groups in total. The summed E-state index contributed by atoms with van der Waals surface area (Å²) < 4.78 is 10.5. The summed E-state index contributed by atoms with van der Waals surface area (Å²) in [6.07, 6.45) is 0.583. The van der Waals surface area contributed by atoms with Gasteiger partial charge in [0.25, 0.3) is 17.7 Å². The van der Waals surface area contributed by atoms with E-state index in [2.05, 4.69) is 0 Å². The van der Waals surface area contributed by atoms with E-state index in [1.165, 1.54) is 14.2 Å². The highest BCUT2D eigenvalue weighted by atomic mass is 16.5. The van der Waals surface area contributed by atoms with Crippen molar-refractivity contribution in [3.05, 3.63) is 59.2 Å². The van der Waals surface area contributed by atoms with Gasteiger partial charge in [-0.05, 0) is 43.7 Å². The molecule has 2 heterocycles. The van der Waals surface area contributed by atoms with Gasteiger partial charge in [-0.3, -0.25) is 24.1 Å². The molecule has 2 aliphatic heterocycles. The first kappa shape index (κ1) is 23.3. The summed E-state index contributed by atoms with van der Waals surface area (Å²) in [5.74, 6) is -0.384. The number of benzene rings is 2. The van der Waals surface area contributed by atoms with Crippen molar-refractivity contribution >= 4 is 23.6 Å². The van der Waals surface area contributed by atoms with Crippen molar-refractivity contribution < 1.29 is 28.7 Å². The summed E-state index contributed by atoms with van der Waals surface area (Å²) in [5.41, 5.74) is 1.10. The van der Waals surface area contributed by atoms with Crippen molar-refractivity contribution in [1.29, 1.82) is 0 Å². The van der Waals surface area contributed by atoms with Gasteiger partial charge in [-0.15, -0.1) is 0 Å². The molecule has 2 aromatic rings. The maximum atomic E-state index is 13.2. The molecule has 0 aromatic heterocycles. The van der Waals surface area contributed by atoms with E-state index < -0.39 is 17.9 Å². The van der Waals surface area contributed by atoms with E-state index in [1.54, 1.807) is 59.2 Å². The average molecular weight is 466 g/mol. The van der Waals surface area contributed by atoms with Gasteiger partial charge >= 0.3 is 0 Å². The summed E-state index contributed by atoms with van der Waals surface area (Å²) in [7, 11) is 3.04. The number of hydrogen-bond acceptors (Lipinski definition) is 6. The Kier molecular flexibility index (Phi) is 6.54. The van der Waals surface area contributed by atoms with Crippen LogP contribution in [0.25, 0.3) is 0 Å². The normalized spacial score (nSPS) is 16.7. The molecule has 2 aromatic carbocycles. The molecule has 4 amide bonds. The lowest BCUT2D eigenvalue weighted by atomic mass is 10.1. The van der Waals surface area contributed by atoms with Gasteiger partial charge in [-0.2, -0.15) is 0 Å². The van der Waals surface area contributed by atoms with Gasteiger partial charge < -0.3 is 19.3 Å². The highest BCUT2D eigenvalue weighted by Gasteiger charge is 2.42. The number of nitrogens with zero attached hydrogens (tertiary/aromatic N) is 3. The van der Waals surface area contributed by atoms with E-state index in [1.807, 2.05) is 0 Å². The highest BCUT2D eigenvalue weighted by molar-refractivity contribution is 6.22. The summed E-state index contributed by atoms with van der Waals surface area (Å²) in [6, 6.07) is 10.6. The van der Waals surface area contributed by atoms with Crippen LogP contribution in [0, 0.1) is 0 Å². The van der Waals surface area contributed by atoms with Crippen LogP contribution >= 0.6 is 0 Å². The van der Waals surface area contributed by atoms with Crippen LogP contribution in [0.5, 0.6) is 11.5 Å². The Morgan fingerprint density at radius 1 is 0.824 bits per heavy atom. The number of rotatable bonds is 5. The molecule has 1 fully saturated rings. The van der Waals surface area contributed by atoms with Crippen molar-refractivity contribution in [3.63, 3.8) is 0 Å². The molecule has 1 saturated heterocycles. The smallest absolute Gasteiger partial charge is 0.262 e. The molecule has 0 bridgehead atoms. The molecule has 0 aliphatic carbocycles. The van der Waals surface area contributed by atoms with Crippen LogP contribution < -0.4 is 9.47 Å². The molecule has 9 nitrogen and oxygen atoms in total. The SMILES string of the molecule is COc1ccc(C(=O)N2CCCN(C(=O)C(C)N3C(=O)c4ccccc4C3=O)CC2)cc1OC. The van der Waals surface area contributed by atoms with Gasteiger partial charge in [0, 0.05) is 31.7 Å². The second kappa shape index (κ2) is 9.54.